The lowest BCUT2D eigenvalue weighted by Crippen LogP contribution is -2.44. The summed E-state index contributed by atoms with van der Waals surface area (Å²) < 4.78 is 0. The van der Waals surface area contributed by atoms with Gasteiger partial charge < -0.3 is 10.6 Å². The maximum atomic E-state index is 4.17. The smallest absolute Gasteiger partial charge is 0.190 e. The number of benzene rings is 1. The highest BCUT2D eigenvalue weighted by Crippen LogP contribution is 2.30. The van der Waals surface area contributed by atoms with Gasteiger partial charge in [-0.3, -0.25) is 4.99 Å². The number of hydrogen-bond donors (Lipinski definition) is 2. The molecular weight excluding hydrogens is 349 g/mol. The molecule has 19 heavy (non-hydrogen) atoms. The van der Waals surface area contributed by atoms with Crippen molar-refractivity contribution in [2.45, 2.75) is 32.1 Å². The second-order valence-corrected chi connectivity index (χ2v) is 4.53. The maximum absolute atomic E-state index is 4.17. The van der Waals surface area contributed by atoms with Crippen LogP contribution in [0.4, 0.5) is 0 Å². The second kappa shape index (κ2) is 9.18. The molecule has 1 aromatic rings. The summed E-state index contributed by atoms with van der Waals surface area (Å²) in [7, 11) is 3.68. The largest absolute Gasteiger partial charge is 0.359 e. The van der Waals surface area contributed by atoms with Crippen molar-refractivity contribution in [1.29, 1.82) is 0 Å². The van der Waals surface area contributed by atoms with E-state index in [1.165, 1.54) is 5.56 Å². The molecule has 0 saturated carbocycles. The fourth-order valence-corrected chi connectivity index (χ4v) is 2.33. The first-order valence-corrected chi connectivity index (χ1v) is 6.66. The Balaban J connectivity index is 0.00000324. The second-order valence-electron chi connectivity index (χ2n) is 4.53. The molecule has 0 atom stereocenters. The van der Waals surface area contributed by atoms with Gasteiger partial charge in [0.2, 0.25) is 0 Å². The van der Waals surface area contributed by atoms with Crippen molar-refractivity contribution in [3.63, 3.8) is 0 Å². The number of nitrogens with zero attached hydrogens (tertiary/aromatic N) is 1. The minimum atomic E-state index is 0. The average molecular weight is 375 g/mol. The lowest BCUT2D eigenvalue weighted by atomic mass is 9.76. The molecule has 0 aliphatic rings. The van der Waals surface area contributed by atoms with Gasteiger partial charge in [-0.15, -0.1) is 24.0 Å². The van der Waals surface area contributed by atoms with Gasteiger partial charge in [0.15, 0.2) is 5.96 Å². The Kier molecular flexibility index (Phi) is 8.80. The first kappa shape index (κ1) is 18.2. The highest BCUT2D eigenvalue weighted by atomic mass is 127. The van der Waals surface area contributed by atoms with Crippen LogP contribution >= 0.6 is 24.0 Å². The molecule has 0 spiro atoms. The summed E-state index contributed by atoms with van der Waals surface area (Å²) in [6.45, 7) is 5.40. The van der Waals surface area contributed by atoms with E-state index in [2.05, 4.69) is 59.8 Å². The number of nitrogens with one attached hydrogen (secondary N) is 2. The van der Waals surface area contributed by atoms with Crippen molar-refractivity contribution in [2.24, 2.45) is 4.99 Å². The Morgan fingerprint density at radius 2 is 1.74 bits per heavy atom. The lowest BCUT2D eigenvalue weighted by molar-refractivity contribution is 0.390. The van der Waals surface area contributed by atoms with Gasteiger partial charge in [-0.2, -0.15) is 0 Å². The standard InChI is InChI=1S/C15H25N3.HI/c1-5-15(6-2,12-18-14(16-3)17-4)13-10-8-7-9-11-13;/h7-11H,5-6,12H2,1-4H3,(H2,16,17,18);1H. The molecular formula is C15H26IN3. The quantitative estimate of drug-likeness (QED) is 0.471. The van der Waals surface area contributed by atoms with E-state index in [9.17, 15) is 0 Å². The maximum Gasteiger partial charge on any atom is 0.190 e. The Morgan fingerprint density at radius 1 is 1.16 bits per heavy atom. The van der Waals surface area contributed by atoms with Gasteiger partial charge in [0.1, 0.15) is 0 Å². The third-order valence-corrected chi connectivity index (χ3v) is 3.79. The lowest BCUT2D eigenvalue weighted by Gasteiger charge is -2.33. The van der Waals surface area contributed by atoms with Gasteiger partial charge in [0.05, 0.1) is 0 Å². The summed E-state index contributed by atoms with van der Waals surface area (Å²) in [5.41, 5.74) is 1.57. The predicted molar refractivity (Wildman–Crippen MR) is 94.5 cm³/mol. The number of hydrogen-bond acceptors (Lipinski definition) is 1. The first-order chi connectivity index (χ1) is 8.72. The van der Waals surface area contributed by atoms with E-state index >= 15 is 0 Å². The predicted octanol–water partition coefficient (Wildman–Crippen LogP) is 3.16. The number of guanidine groups is 1. The van der Waals surface area contributed by atoms with E-state index in [4.69, 9.17) is 0 Å². The van der Waals surface area contributed by atoms with Crippen LogP contribution in [-0.4, -0.2) is 26.6 Å². The molecule has 0 aliphatic carbocycles. The van der Waals surface area contributed by atoms with Crippen LogP contribution < -0.4 is 10.6 Å². The van der Waals surface area contributed by atoms with Crippen LogP contribution in [0, 0.1) is 0 Å². The normalized spacial score (nSPS) is 11.7. The summed E-state index contributed by atoms with van der Waals surface area (Å²) in [6.07, 6.45) is 2.22. The SMILES string of the molecule is CCC(CC)(CNC(=NC)NC)c1ccccc1.I. The van der Waals surface area contributed by atoms with Gasteiger partial charge in [0.25, 0.3) is 0 Å². The van der Waals surface area contributed by atoms with Gasteiger partial charge in [-0.25, -0.2) is 0 Å². The van der Waals surface area contributed by atoms with Crippen molar-refractivity contribution >= 4 is 29.9 Å². The zero-order valence-corrected chi connectivity index (χ0v) is 14.7. The minimum absolute atomic E-state index is 0. The van der Waals surface area contributed by atoms with E-state index in [1.54, 1.807) is 7.05 Å². The third-order valence-electron chi connectivity index (χ3n) is 3.79. The zero-order valence-electron chi connectivity index (χ0n) is 12.4. The van der Waals surface area contributed by atoms with E-state index < -0.39 is 0 Å². The summed E-state index contributed by atoms with van der Waals surface area (Å²) in [5.74, 6) is 0.845. The molecule has 0 unspecified atom stereocenters. The van der Waals surface area contributed by atoms with Crippen LogP contribution in [0.5, 0.6) is 0 Å². The van der Waals surface area contributed by atoms with Crippen LogP contribution in [-0.2, 0) is 5.41 Å². The number of rotatable bonds is 5. The van der Waals surface area contributed by atoms with Crippen molar-refractivity contribution in [1.82, 2.24) is 10.6 Å². The highest BCUT2D eigenvalue weighted by molar-refractivity contribution is 14.0. The summed E-state index contributed by atoms with van der Waals surface area (Å²) in [5, 5.41) is 6.46. The van der Waals surface area contributed by atoms with E-state index in [0.717, 1.165) is 25.3 Å². The Morgan fingerprint density at radius 3 is 2.16 bits per heavy atom. The van der Waals surface area contributed by atoms with Crippen molar-refractivity contribution in [3.05, 3.63) is 35.9 Å². The van der Waals surface area contributed by atoms with Crippen LogP contribution in [0.3, 0.4) is 0 Å². The summed E-state index contributed by atoms with van der Waals surface area (Å²) in [6, 6.07) is 10.7. The Bertz CT molecular complexity index is 372. The van der Waals surface area contributed by atoms with Crippen molar-refractivity contribution in [2.75, 3.05) is 20.6 Å². The fraction of sp³-hybridized carbons (Fsp3) is 0.533. The van der Waals surface area contributed by atoms with Gasteiger partial charge >= 0.3 is 0 Å². The van der Waals surface area contributed by atoms with Crippen LogP contribution in [0.15, 0.2) is 35.3 Å². The molecule has 1 aromatic carbocycles. The van der Waals surface area contributed by atoms with Crippen molar-refractivity contribution in [3.8, 4) is 0 Å². The molecule has 0 fully saturated rings. The molecule has 0 amide bonds. The van der Waals surface area contributed by atoms with Gasteiger partial charge in [-0.1, -0.05) is 44.2 Å². The molecule has 0 aromatic heterocycles. The molecule has 0 saturated heterocycles. The fourth-order valence-electron chi connectivity index (χ4n) is 2.33. The van der Waals surface area contributed by atoms with Crippen LogP contribution in [0.1, 0.15) is 32.3 Å². The summed E-state index contributed by atoms with van der Waals surface area (Å²) in [4.78, 5) is 4.17. The topological polar surface area (TPSA) is 36.4 Å². The third kappa shape index (κ3) is 4.67. The molecule has 1 rings (SSSR count). The van der Waals surface area contributed by atoms with Crippen LogP contribution in [0.25, 0.3) is 0 Å². The monoisotopic (exact) mass is 375 g/mol. The Labute approximate surface area is 134 Å². The number of aliphatic imine (C=N–C) groups is 1. The van der Waals surface area contributed by atoms with Crippen LogP contribution in [0.2, 0.25) is 0 Å². The van der Waals surface area contributed by atoms with E-state index in [-0.39, 0.29) is 29.4 Å². The number of halogens is 1. The molecule has 0 radical (unpaired) electrons. The molecule has 2 N–H and O–H groups in total. The van der Waals surface area contributed by atoms with E-state index in [0.29, 0.717) is 0 Å². The van der Waals surface area contributed by atoms with Crippen molar-refractivity contribution < 1.29 is 0 Å². The summed E-state index contributed by atoms with van der Waals surface area (Å²) >= 11 is 0. The highest BCUT2D eigenvalue weighted by Gasteiger charge is 2.28. The van der Waals surface area contributed by atoms with Gasteiger partial charge in [-0.05, 0) is 18.4 Å². The molecule has 3 nitrogen and oxygen atoms in total. The molecule has 108 valence electrons. The van der Waals surface area contributed by atoms with E-state index in [1.807, 2.05) is 7.05 Å². The molecule has 0 aliphatic heterocycles. The zero-order chi connectivity index (χ0) is 13.4. The minimum Gasteiger partial charge on any atom is -0.359 e. The Hall–Kier alpha value is -0.780. The first-order valence-electron chi connectivity index (χ1n) is 6.66. The molecule has 0 heterocycles. The average Bonchev–Trinajstić information content (AvgIpc) is 2.45. The van der Waals surface area contributed by atoms with Gasteiger partial charge in [0, 0.05) is 26.1 Å². The molecule has 0 bridgehead atoms. The molecule has 4 heteroatoms.